The molecule has 0 radical (unpaired) electrons. The molecule has 0 amide bonds. The Balaban J connectivity index is 2.11. The zero-order valence-electron chi connectivity index (χ0n) is 12.2. The molecule has 2 aromatic rings. The van der Waals surface area contributed by atoms with Gasteiger partial charge in [-0.05, 0) is 19.1 Å². The van der Waals surface area contributed by atoms with Gasteiger partial charge in [-0.2, -0.15) is 11.8 Å². The summed E-state index contributed by atoms with van der Waals surface area (Å²) in [6, 6.07) is 3.19. The van der Waals surface area contributed by atoms with Crippen molar-refractivity contribution in [1.82, 2.24) is 9.55 Å². The van der Waals surface area contributed by atoms with Crippen LogP contribution in [0, 0.1) is 5.82 Å². The molecule has 0 spiro atoms. The van der Waals surface area contributed by atoms with Crippen molar-refractivity contribution < 1.29 is 9.13 Å². The highest BCUT2D eigenvalue weighted by atomic mass is 35.5. The summed E-state index contributed by atoms with van der Waals surface area (Å²) in [7, 11) is 1.48. The maximum Gasteiger partial charge on any atom is 0.167 e. The molecule has 0 unspecified atom stereocenters. The van der Waals surface area contributed by atoms with E-state index in [1.807, 2.05) is 11.8 Å². The van der Waals surface area contributed by atoms with E-state index in [0.29, 0.717) is 22.6 Å². The van der Waals surface area contributed by atoms with Crippen molar-refractivity contribution in [2.45, 2.75) is 30.6 Å². The number of hydrogen-bond acceptors (Lipinski definition) is 3. The predicted molar refractivity (Wildman–Crippen MR) is 86.1 cm³/mol. The molecule has 0 N–H and O–H groups in total. The Bertz CT molecular complexity index is 669. The van der Waals surface area contributed by atoms with E-state index < -0.39 is 0 Å². The third-order valence-corrected chi connectivity index (χ3v) is 5.70. The summed E-state index contributed by atoms with van der Waals surface area (Å²) >= 11 is 7.79. The summed E-state index contributed by atoms with van der Waals surface area (Å²) in [5, 5.41) is 0. The van der Waals surface area contributed by atoms with E-state index >= 15 is 0 Å². The summed E-state index contributed by atoms with van der Waals surface area (Å²) in [5.41, 5.74) is 1.60. The van der Waals surface area contributed by atoms with Crippen molar-refractivity contribution in [3.8, 4) is 5.75 Å². The Morgan fingerprint density at radius 3 is 2.81 bits per heavy atom. The first kappa shape index (κ1) is 15.0. The van der Waals surface area contributed by atoms with Crippen LogP contribution in [0.1, 0.15) is 18.7 Å². The van der Waals surface area contributed by atoms with Crippen LogP contribution in [0.3, 0.4) is 0 Å². The van der Waals surface area contributed by atoms with Crippen LogP contribution in [-0.2, 0) is 13.0 Å². The fraction of sp³-hybridized carbons (Fsp3) is 0.533. The van der Waals surface area contributed by atoms with Gasteiger partial charge in [-0.3, -0.25) is 0 Å². The number of hydrogen-bond donors (Lipinski definition) is 0. The zero-order valence-corrected chi connectivity index (χ0v) is 13.7. The highest BCUT2D eigenvalue weighted by Gasteiger charge is 2.42. The molecule has 21 heavy (non-hydrogen) atoms. The standard InChI is InChI=1S/C15H18ClFN2OS/c1-20-13-8-12-11(7-10(13)17)18-14(3-6-16)19(12)9-15(21-2)4-5-15/h7-8H,3-6,9H2,1-2H3. The number of thioether (sulfide) groups is 1. The smallest absolute Gasteiger partial charge is 0.167 e. The number of rotatable bonds is 6. The molecule has 3 nitrogen and oxygen atoms in total. The molecule has 1 saturated carbocycles. The molecule has 1 fully saturated rings. The lowest BCUT2D eigenvalue weighted by molar-refractivity contribution is 0.387. The van der Waals surface area contributed by atoms with Gasteiger partial charge in [0, 0.05) is 35.7 Å². The van der Waals surface area contributed by atoms with Gasteiger partial charge in [-0.15, -0.1) is 11.6 Å². The van der Waals surface area contributed by atoms with E-state index in [0.717, 1.165) is 17.9 Å². The number of fused-ring (bicyclic) bond motifs is 1. The van der Waals surface area contributed by atoms with Crippen molar-refractivity contribution in [1.29, 1.82) is 0 Å². The van der Waals surface area contributed by atoms with Crippen LogP contribution >= 0.6 is 23.4 Å². The summed E-state index contributed by atoms with van der Waals surface area (Å²) < 4.78 is 21.4. The Kier molecular flexibility index (Phi) is 4.06. The van der Waals surface area contributed by atoms with Crippen LogP contribution in [0.25, 0.3) is 11.0 Å². The van der Waals surface area contributed by atoms with Gasteiger partial charge in [0.05, 0.1) is 18.1 Å². The quantitative estimate of drug-likeness (QED) is 0.753. The molecular formula is C15H18ClFN2OS. The molecule has 1 aliphatic carbocycles. The second kappa shape index (κ2) is 5.69. The van der Waals surface area contributed by atoms with Crippen LogP contribution in [0.2, 0.25) is 0 Å². The molecule has 114 valence electrons. The highest BCUT2D eigenvalue weighted by molar-refractivity contribution is 8.00. The average Bonchev–Trinajstić information content (AvgIpc) is 3.18. The lowest BCUT2D eigenvalue weighted by atomic mass is 10.2. The molecule has 0 saturated heterocycles. The number of benzene rings is 1. The monoisotopic (exact) mass is 328 g/mol. The number of nitrogens with zero attached hydrogens (tertiary/aromatic N) is 2. The molecule has 1 heterocycles. The van der Waals surface area contributed by atoms with Crippen LogP contribution in [0.15, 0.2) is 12.1 Å². The second-order valence-corrected chi connectivity index (χ2v) is 7.07. The van der Waals surface area contributed by atoms with Gasteiger partial charge in [0.2, 0.25) is 0 Å². The van der Waals surface area contributed by atoms with Crippen LogP contribution in [0.5, 0.6) is 5.75 Å². The fourth-order valence-electron chi connectivity index (χ4n) is 2.64. The molecule has 0 bridgehead atoms. The van der Waals surface area contributed by atoms with Gasteiger partial charge in [-0.1, -0.05) is 0 Å². The maximum absolute atomic E-state index is 13.9. The minimum atomic E-state index is -0.377. The first-order valence-corrected chi connectivity index (χ1v) is 8.72. The van der Waals surface area contributed by atoms with Gasteiger partial charge in [0.25, 0.3) is 0 Å². The second-order valence-electron chi connectivity index (χ2n) is 5.42. The number of halogens is 2. The Morgan fingerprint density at radius 2 is 2.24 bits per heavy atom. The minimum absolute atomic E-state index is 0.259. The van der Waals surface area contributed by atoms with E-state index in [4.69, 9.17) is 16.3 Å². The summed E-state index contributed by atoms with van der Waals surface area (Å²) in [5.74, 6) is 1.32. The van der Waals surface area contributed by atoms with Crippen LogP contribution in [0.4, 0.5) is 4.39 Å². The number of imidazole rings is 1. The maximum atomic E-state index is 13.9. The molecule has 1 aromatic heterocycles. The lowest BCUT2D eigenvalue weighted by Gasteiger charge is -2.16. The highest BCUT2D eigenvalue weighted by Crippen LogP contribution is 2.49. The first-order valence-electron chi connectivity index (χ1n) is 6.96. The predicted octanol–water partition coefficient (Wildman–Crippen LogP) is 3.86. The van der Waals surface area contributed by atoms with E-state index in [1.54, 1.807) is 6.07 Å². The lowest BCUT2D eigenvalue weighted by Crippen LogP contribution is -2.16. The summed E-state index contributed by atoms with van der Waals surface area (Å²) in [4.78, 5) is 4.56. The van der Waals surface area contributed by atoms with E-state index in [1.165, 1.54) is 26.0 Å². The Labute approximate surface area is 132 Å². The van der Waals surface area contributed by atoms with Crippen LogP contribution in [-0.4, -0.2) is 33.5 Å². The summed E-state index contributed by atoms with van der Waals surface area (Å²) in [6.45, 7) is 0.895. The number of aryl methyl sites for hydroxylation is 1. The van der Waals surface area contributed by atoms with Crippen molar-refractivity contribution >= 4 is 34.4 Å². The SMILES string of the molecule is COc1cc2c(cc1F)nc(CCCl)n2CC1(SC)CC1. The van der Waals surface area contributed by atoms with Crippen molar-refractivity contribution in [2.75, 3.05) is 19.2 Å². The van der Waals surface area contributed by atoms with Gasteiger partial charge in [0.1, 0.15) is 5.82 Å². The molecule has 6 heteroatoms. The van der Waals surface area contributed by atoms with Crippen molar-refractivity contribution in [3.63, 3.8) is 0 Å². The van der Waals surface area contributed by atoms with Gasteiger partial charge < -0.3 is 9.30 Å². The number of ether oxygens (including phenoxy) is 1. The summed E-state index contributed by atoms with van der Waals surface area (Å²) in [6.07, 6.45) is 5.26. The topological polar surface area (TPSA) is 27.1 Å². The average molecular weight is 329 g/mol. The molecule has 3 rings (SSSR count). The minimum Gasteiger partial charge on any atom is -0.494 e. The Hall–Kier alpha value is -0.940. The molecular weight excluding hydrogens is 311 g/mol. The van der Waals surface area contributed by atoms with E-state index in [9.17, 15) is 4.39 Å². The normalized spacial score (nSPS) is 16.4. The molecule has 1 aliphatic rings. The largest absolute Gasteiger partial charge is 0.494 e. The third kappa shape index (κ3) is 2.73. The van der Waals surface area contributed by atoms with Gasteiger partial charge in [-0.25, -0.2) is 9.37 Å². The third-order valence-electron chi connectivity index (χ3n) is 4.11. The van der Waals surface area contributed by atoms with Crippen LogP contribution < -0.4 is 4.74 Å². The van der Waals surface area contributed by atoms with E-state index in [2.05, 4.69) is 15.8 Å². The Morgan fingerprint density at radius 1 is 1.48 bits per heavy atom. The number of methoxy groups -OCH3 is 1. The molecule has 0 aliphatic heterocycles. The number of alkyl halides is 1. The van der Waals surface area contributed by atoms with Gasteiger partial charge >= 0.3 is 0 Å². The van der Waals surface area contributed by atoms with Crippen molar-refractivity contribution in [3.05, 3.63) is 23.8 Å². The van der Waals surface area contributed by atoms with E-state index in [-0.39, 0.29) is 11.6 Å². The fourth-order valence-corrected chi connectivity index (χ4v) is 3.58. The number of aromatic nitrogens is 2. The first-order chi connectivity index (χ1) is 10.1. The van der Waals surface area contributed by atoms with Gasteiger partial charge in [0.15, 0.2) is 11.6 Å². The molecule has 0 atom stereocenters. The zero-order chi connectivity index (χ0) is 15.0. The van der Waals surface area contributed by atoms with Crippen molar-refractivity contribution in [2.24, 2.45) is 0 Å². The molecule has 1 aromatic carbocycles.